The maximum absolute atomic E-state index is 6.08. The molecule has 26 heavy (non-hydrogen) atoms. The van der Waals surface area contributed by atoms with E-state index in [1.165, 1.54) is 12.0 Å². The van der Waals surface area contributed by atoms with Crippen LogP contribution in [0.5, 0.6) is 0 Å². The van der Waals surface area contributed by atoms with E-state index in [1.54, 1.807) is 0 Å². The van der Waals surface area contributed by atoms with Crippen molar-refractivity contribution in [2.24, 2.45) is 11.3 Å². The molecule has 1 aromatic carbocycles. The third kappa shape index (κ3) is 5.39. The molecule has 1 aromatic heterocycles. The molecule has 1 N–H and O–H groups in total. The maximum atomic E-state index is 6.08. The number of aromatic nitrogens is 1. The lowest BCUT2D eigenvalue weighted by molar-refractivity contribution is -0.0720. The zero-order valence-corrected chi connectivity index (χ0v) is 16.2. The van der Waals surface area contributed by atoms with Crippen molar-refractivity contribution in [3.63, 3.8) is 0 Å². The van der Waals surface area contributed by atoms with Crippen LogP contribution in [0.25, 0.3) is 0 Å². The molecule has 2 atom stereocenters. The first kappa shape index (κ1) is 19.1. The summed E-state index contributed by atoms with van der Waals surface area (Å²) in [5.41, 5.74) is 2.88. The van der Waals surface area contributed by atoms with Crippen LogP contribution in [-0.2, 0) is 17.7 Å². The van der Waals surface area contributed by atoms with Crippen molar-refractivity contribution < 1.29 is 4.74 Å². The Kier molecular flexibility index (Phi) is 6.81. The molecular formula is C23H32N2O. The summed E-state index contributed by atoms with van der Waals surface area (Å²) >= 11 is 0. The zero-order chi connectivity index (χ0) is 18.2. The second-order valence-corrected chi connectivity index (χ2v) is 8.02. The van der Waals surface area contributed by atoms with E-state index in [4.69, 9.17) is 4.74 Å². The van der Waals surface area contributed by atoms with Gasteiger partial charge in [-0.2, -0.15) is 0 Å². The molecule has 0 radical (unpaired) electrons. The first-order valence-corrected chi connectivity index (χ1v) is 9.93. The largest absolute Gasteiger partial charge is 0.378 e. The van der Waals surface area contributed by atoms with Crippen molar-refractivity contribution in [1.29, 1.82) is 0 Å². The first-order valence-electron chi connectivity index (χ1n) is 9.93. The Hall–Kier alpha value is -1.71. The summed E-state index contributed by atoms with van der Waals surface area (Å²) in [4.78, 5) is 4.40. The van der Waals surface area contributed by atoms with Crippen molar-refractivity contribution in [2.45, 2.75) is 52.2 Å². The Morgan fingerprint density at radius 2 is 1.96 bits per heavy atom. The summed E-state index contributed by atoms with van der Waals surface area (Å²) in [6, 6.07) is 17.0. The van der Waals surface area contributed by atoms with Gasteiger partial charge in [0.15, 0.2) is 0 Å². The molecular weight excluding hydrogens is 320 g/mol. The summed E-state index contributed by atoms with van der Waals surface area (Å²) in [5.74, 6) is 0.576. The second kappa shape index (κ2) is 9.29. The van der Waals surface area contributed by atoms with Crippen LogP contribution in [0.15, 0.2) is 54.7 Å². The van der Waals surface area contributed by atoms with Crippen molar-refractivity contribution in [2.75, 3.05) is 13.2 Å². The van der Waals surface area contributed by atoms with Crippen molar-refractivity contribution >= 4 is 0 Å². The SMILES string of the molecule is CC(C)[C@@H]1C[C@](CCNCc2ccccn2)(Cc2ccccc2)CCO1. The minimum atomic E-state index is 0.325. The average Bonchev–Trinajstić information content (AvgIpc) is 2.67. The fourth-order valence-corrected chi connectivity index (χ4v) is 4.02. The van der Waals surface area contributed by atoms with E-state index in [-0.39, 0.29) is 0 Å². The number of hydrogen-bond donors (Lipinski definition) is 1. The molecule has 0 aliphatic carbocycles. The van der Waals surface area contributed by atoms with Crippen LogP contribution >= 0.6 is 0 Å². The lowest BCUT2D eigenvalue weighted by atomic mass is 9.69. The molecule has 0 amide bonds. The van der Waals surface area contributed by atoms with Gasteiger partial charge in [-0.1, -0.05) is 50.2 Å². The topological polar surface area (TPSA) is 34.2 Å². The predicted molar refractivity (Wildman–Crippen MR) is 107 cm³/mol. The Balaban J connectivity index is 1.62. The highest BCUT2D eigenvalue weighted by molar-refractivity contribution is 5.17. The van der Waals surface area contributed by atoms with E-state index >= 15 is 0 Å². The molecule has 0 saturated carbocycles. The van der Waals surface area contributed by atoms with Crippen LogP contribution in [0.3, 0.4) is 0 Å². The third-order valence-corrected chi connectivity index (χ3v) is 5.63. The van der Waals surface area contributed by atoms with Gasteiger partial charge < -0.3 is 10.1 Å². The van der Waals surface area contributed by atoms with Crippen LogP contribution in [-0.4, -0.2) is 24.2 Å². The van der Waals surface area contributed by atoms with Crippen LogP contribution in [0.1, 0.15) is 44.4 Å². The number of rotatable bonds is 8. The third-order valence-electron chi connectivity index (χ3n) is 5.63. The molecule has 140 valence electrons. The van der Waals surface area contributed by atoms with Crippen molar-refractivity contribution in [3.8, 4) is 0 Å². The number of pyridine rings is 1. The van der Waals surface area contributed by atoms with Gasteiger partial charge in [0.25, 0.3) is 0 Å². The van der Waals surface area contributed by atoms with E-state index in [9.17, 15) is 0 Å². The fraction of sp³-hybridized carbons (Fsp3) is 0.522. The average molecular weight is 353 g/mol. The monoisotopic (exact) mass is 352 g/mol. The van der Waals surface area contributed by atoms with Crippen LogP contribution in [0.2, 0.25) is 0 Å². The van der Waals surface area contributed by atoms with Gasteiger partial charge in [0.1, 0.15) is 0 Å². The Morgan fingerprint density at radius 1 is 1.15 bits per heavy atom. The van der Waals surface area contributed by atoms with Gasteiger partial charge in [-0.15, -0.1) is 0 Å². The molecule has 1 fully saturated rings. The normalized spacial score (nSPS) is 23.3. The minimum absolute atomic E-state index is 0.325. The standard InChI is InChI=1S/C23H32N2O/c1-19(2)22-17-23(12-15-26-22,16-20-8-4-3-5-9-20)11-14-24-18-21-10-6-7-13-25-21/h3-10,13,19,22,24H,11-12,14-18H2,1-2H3/t22-,23-/m0/s1. The number of ether oxygens (including phenoxy) is 1. The summed E-state index contributed by atoms with van der Waals surface area (Å²) in [6.07, 6.45) is 6.87. The van der Waals surface area contributed by atoms with E-state index < -0.39 is 0 Å². The summed E-state index contributed by atoms with van der Waals surface area (Å²) in [6.45, 7) is 7.31. The summed E-state index contributed by atoms with van der Waals surface area (Å²) in [7, 11) is 0. The molecule has 0 spiro atoms. The molecule has 3 nitrogen and oxygen atoms in total. The highest BCUT2D eigenvalue weighted by Gasteiger charge is 2.37. The molecule has 3 heteroatoms. The van der Waals surface area contributed by atoms with Crippen LogP contribution < -0.4 is 5.32 Å². The van der Waals surface area contributed by atoms with Crippen molar-refractivity contribution in [3.05, 3.63) is 66.0 Å². The Morgan fingerprint density at radius 3 is 2.69 bits per heavy atom. The van der Waals surface area contributed by atoms with Crippen LogP contribution in [0, 0.1) is 11.3 Å². The summed E-state index contributed by atoms with van der Waals surface area (Å²) in [5, 5.41) is 3.60. The van der Waals surface area contributed by atoms with Gasteiger partial charge >= 0.3 is 0 Å². The molecule has 1 saturated heterocycles. The van der Waals surface area contributed by atoms with Crippen molar-refractivity contribution in [1.82, 2.24) is 10.3 Å². The van der Waals surface area contributed by atoms with E-state index in [0.29, 0.717) is 17.4 Å². The zero-order valence-electron chi connectivity index (χ0n) is 16.2. The van der Waals surface area contributed by atoms with Gasteiger partial charge in [-0.25, -0.2) is 0 Å². The van der Waals surface area contributed by atoms with Gasteiger partial charge in [-0.3, -0.25) is 4.98 Å². The lowest BCUT2D eigenvalue weighted by Crippen LogP contribution is -2.41. The number of nitrogens with zero attached hydrogens (tertiary/aromatic N) is 1. The molecule has 3 rings (SSSR count). The molecule has 0 unspecified atom stereocenters. The first-order chi connectivity index (χ1) is 12.7. The van der Waals surface area contributed by atoms with E-state index in [1.807, 2.05) is 18.3 Å². The molecule has 1 aliphatic heterocycles. The lowest BCUT2D eigenvalue weighted by Gasteiger charge is -2.43. The van der Waals surface area contributed by atoms with Gasteiger partial charge in [0.05, 0.1) is 11.8 Å². The number of hydrogen-bond acceptors (Lipinski definition) is 3. The fourth-order valence-electron chi connectivity index (χ4n) is 4.02. The predicted octanol–water partition coefficient (Wildman–Crippen LogP) is 4.63. The minimum Gasteiger partial charge on any atom is -0.378 e. The number of nitrogens with one attached hydrogen (secondary N) is 1. The van der Waals surface area contributed by atoms with Crippen LogP contribution in [0.4, 0.5) is 0 Å². The maximum Gasteiger partial charge on any atom is 0.0603 e. The smallest absolute Gasteiger partial charge is 0.0603 e. The van der Waals surface area contributed by atoms with Gasteiger partial charge in [0, 0.05) is 19.3 Å². The molecule has 2 heterocycles. The Labute approximate surface area is 158 Å². The van der Waals surface area contributed by atoms with E-state index in [2.05, 4.69) is 60.5 Å². The molecule has 0 bridgehead atoms. The van der Waals surface area contributed by atoms with E-state index in [0.717, 1.165) is 44.7 Å². The van der Waals surface area contributed by atoms with Gasteiger partial charge in [-0.05, 0) is 61.3 Å². The highest BCUT2D eigenvalue weighted by atomic mass is 16.5. The number of benzene rings is 1. The van der Waals surface area contributed by atoms with Gasteiger partial charge in [0.2, 0.25) is 0 Å². The molecule has 2 aromatic rings. The second-order valence-electron chi connectivity index (χ2n) is 8.02. The summed E-state index contributed by atoms with van der Waals surface area (Å²) < 4.78 is 6.08. The quantitative estimate of drug-likeness (QED) is 0.704. The molecule has 1 aliphatic rings. The Bertz CT molecular complexity index is 644. The highest BCUT2D eigenvalue weighted by Crippen LogP contribution is 2.41.